The summed E-state index contributed by atoms with van der Waals surface area (Å²) >= 11 is 3.91. The van der Waals surface area contributed by atoms with Crippen LogP contribution in [0.2, 0.25) is 0 Å². The number of hydrogen-bond acceptors (Lipinski definition) is 5. The fourth-order valence-electron chi connectivity index (χ4n) is 0.468. The van der Waals surface area contributed by atoms with E-state index in [1.165, 1.54) is 0 Å². The molecule has 0 atom stereocenters. The highest BCUT2D eigenvalue weighted by molar-refractivity contribution is 7.80. The molecule has 0 aliphatic heterocycles. The van der Waals surface area contributed by atoms with Crippen molar-refractivity contribution in [1.29, 1.82) is 5.26 Å². The van der Waals surface area contributed by atoms with Crippen molar-refractivity contribution in [2.45, 2.75) is 11.9 Å². The molecule has 4 nitrogen and oxygen atoms in total. The molecular formula is C5H4N4S. The first kappa shape index (κ1) is 6.96. The van der Waals surface area contributed by atoms with E-state index in [2.05, 4.69) is 27.8 Å². The minimum Gasteiger partial charge on any atom is -0.222 e. The molecule has 0 unspecified atom stereocenters. The molecule has 0 aliphatic rings. The van der Waals surface area contributed by atoms with Crippen LogP contribution in [0.5, 0.6) is 0 Å². The Labute approximate surface area is 63.3 Å². The summed E-state index contributed by atoms with van der Waals surface area (Å²) in [5, 5.41) is 15.8. The third-order valence-corrected chi connectivity index (χ3v) is 1.19. The number of aromatic nitrogens is 3. The number of hydrogen-bond donors (Lipinski definition) is 1. The summed E-state index contributed by atoms with van der Waals surface area (Å²) in [5.74, 6) is 0.518. The van der Waals surface area contributed by atoms with E-state index in [-0.39, 0.29) is 5.69 Å². The number of aryl methyl sites for hydroxylation is 1. The summed E-state index contributed by atoms with van der Waals surface area (Å²) in [6.45, 7) is 1.69. The van der Waals surface area contributed by atoms with Gasteiger partial charge >= 0.3 is 0 Å². The van der Waals surface area contributed by atoms with Gasteiger partial charge in [0.1, 0.15) is 16.9 Å². The standard InChI is InChI=1S/C5H4N4S/c1-3-7-5(10)4(2-6)9-8-3/h1H3,(H,7,8,10). The Morgan fingerprint density at radius 1 is 1.50 bits per heavy atom. The van der Waals surface area contributed by atoms with Gasteiger partial charge in [0.25, 0.3) is 0 Å². The Morgan fingerprint density at radius 2 is 2.20 bits per heavy atom. The van der Waals surface area contributed by atoms with Crippen molar-refractivity contribution in [2.75, 3.05) is 0 Å². The maximum Gasteiger partial charge on any atom is 0.194 e. The smallest absolute Gasteiger partial charge is 0.194 e. The zero-order valence-corrected chi connectivity index (χ0v) is 6.13. The van der Waals surface area contributed by atoms with Crippen LogP contribution >= 0.6 is 12.6 Å². The third kappa shape index (κ3) is 1.22. The molecule has 0 aliphatic carbocycles. The summed E-state index contributed by atoms with van der Waals surface area (Å²) in [6, 6.07) is 1.81. The van der Waals surface area contributed by atoms with Gasteiger partial charge in [-0.1, -0.05) is 0 Å². The van der Waals surface area contributed by atoms with Crippen LogP contribution in [0.1, 0.15) is 11.5 Å². The second kappa shape index (κ2) is 2.62. The molecule has 1 aromatic rings. The van der Waals surface area contributed by atoms with E-state index >= 15 is 0 Å². The summed E-state index contributed by atoms with van der Waals surface area (Å²) in [4.78, 5) is 3.81. The van der Waals surface area contributed by atoms with Gasteiger partial charge in [0.05, 0.1) is 0 Å². The van der Waals surface area contributed by atoms with Gasteiger partial charge in [0, 0.05) is 0 Å². The van der Waals surface area contributed by atoms with Gasteiger partial charge in [0.15, 0.2) is 5.69 Å². The van der Waals surface area contributed by atoms with Crippen molar-refractivity contribution >= 4 is 12.6 Å². The predicted octanol–water partition coefficient (Wildman–Crippen LogP) is 0.340. The molecule has 0 radical (unpaired) electrons. The van der Waals surface area contributed by atoms with Crippen LogP contribution in [0, 0.1) is 18.3 Å². The fourth-order valence-corrected chi connectivity index (χ4v) is 0.707. The molecule has 5 heteroatoms. The molecular weight excluding hydrogens is 148 g/mol. The molecule has 50 valence electrons. The summed E-state index contributed by atoms with van der Waals surface area (Å²) in [5.41, 5.74) is 0.161. The van der Waals surface area contributed by atoms with Crippen molar-refractivity contribution in [3.63, 3.8) is 0 Å². The zero-order chi connectivity index (χ0) is 7.56. The molecule has 0 N–H and O–H groups in total. The van der Waals surface area contributed by atoms with E-state index in [4.69, 9.17) is 5.26 Å². The topological polar surface area (TPSA) is 62.5 Å². The molecule has 1 rings (SSSR count). The normalized spacial score (nSPS) is 8.90. The molecule has 0 saturated heterocycles. The third-order valence-electron chi connectivity index (χ3n) is 0.880. The first-order valence-electron chi connectivity index (χ1n) is 2.54. The average molecular weight is 152 g/mol. The molecule has 1 heterocycles. The van der Waals surface area contributed by atoms with Gasteiger partial charge < -0.3 is 0 Å². The van der Waals surface area contributed by atoms with E-state index in [9.17, 15) is 0 Å². The Kier molecular flexibility index (Phi) is 1.83. The molecule has 0 fully saturated rings. The van der Waals surface area contributed by atoms with Gasteiger partial charge in [-0.15, -0.1) is 22.8 Å². The first-order valence-corrected chi connectivity index (χ1v) is 2.99. The Bertz CT molecular complexity index is 290. The molecule has 0 spiro atoms. The summed E-state index contributed by atoms with van der Waals surface area (Å²) in [6.07, 6.45) is 0. The van der Waals surface area contributed by atoms with Crippen molar-refractivity contribution in [3.8, 4) is 6.07 Å². The monoisotopic (exact) mass is 152 g/mol. The Balaban J connectivity index is 3.23. The molecule has 1 aromatic heterocycles. The van der Waals surface area contributed by atoms with E-state index < -0.39 is 0 Å². The van der Waals surface area contributed by atoms with Crippen LogP contribution in [0.15, 0.2) is 5.03 Å². The van der Waals surface area contributed by atoms with Gasteiger partial charge in [-0.3, -0.25) is 0 Å². The average Bonchev–Trinajstić information content (AvgIpc) is 1.88. The van der Waals surface area contributed by atoms with Crippen molar-refractivity contribution in [3.05, 3.63) is 11.5 Å². The lowest BCUT2D eigenvalue weighted by molar-refractivity contribution is 0.835. The molecule has 0 aromatic carbocycles. The van der Waals surface area contributed by atoms with Crippen molar-refractivity contribution in [2.24, 2.45) is 0 Å². The maximum atomic E-state index is 8.37. The Hall–Kier alpha value is -1.15. The highest BCUT2D eigenvalue weighted by Gasteiger charge is 2.00. The number of rotatable bonds is 0. The van der Waals surface area contributed by atoms with Gasteiger partial charge in [-0.25, -0.2) is 4.98 Å². The molecule has 10 heavy (non-hydrogen) atoms. The van der Waals surface area contributed by atoms with E-state index in [0.29, 0.717) is 10.9 Å². The number of nitriles is 1. The summed E-state index contributed by atoms with van der Waals surface area (Å²) in [7, 11) is 0. The lowest BCUT2D eigenvalue weighted by Crippen LogP contribution is -1.96. The van der Waals surface area contributed by atoms with E-state index in [0.717, 1.165) is 0 Å². The van der Waals surface area contributed by atoms with Gasteiger partial charge in [0.2, 0.25) is 0 Å². The molecule has 0 amide bonds. The minimum absolute atomic E-state index is 0.161. The Morgan fingerprint density at radius 3 is 2.70 bits per heavy atom. The van der Waals surface area contributed by atoms with E-state index in [1.54, 1.807) is 6.92 Å². The van der Waals surface area contributed by atoms with Crippen LogP contribution in [0.3, 0.4) is 0 Å². The van der Waals surface area contributed by atoms with Gasteiger partial charge in [-0.05, 0) is 6.92 Å². The van der Waals surface area contributed by atoms with Crippen molar-refractivity contribution < 1.29 is 0 Å². The molecule has 0 bridgehead atoms. The highest BCUT2D eigenvalue weighted by Crippen LogP contribution is 2.03. The van der Waals surface area contributed by atoms with Gasteiger partial charge in [-0.2, -0.15) is 5.26 Å². The van der Waals surface area contributed by atoms with Crippen molar-refractivity contribution in [1.82, 2.24) is 15.2 Å². The maximum absolute atomic E-state index is 8.37. The minimum atomic E-state index is 0.161. The largest absolute Gasteiger partial charge is 0.222 e. The zero-order valence-electron chi connectivity index (χ0n) is 5.24. The lowest BCUT2D eigenvalue weighted by Gasteiger charge is -1.91. The predicted molar refractivity (Wildman–Crippen MR) is 36.5 cm³/mol. The number of nitrogens with zero attached hydrogens (tertiary/aromatic N) is 4. The van der Waals surface area contributed by atoms with Crippen LogP contribution in [-0.4, -0.2) is 15.2 Å². The van der Waals surface area contributed by atoms with Crippen LogP contribution in [-0.2, 0) is 0 Å². The van der Waals surface area contributed by atoms with Crippen LogP contribution < -0.4 is 0 Å². The number of thiol groups is 1. The second-order valence-corrected chi connectivity index (χ2v) is 2.07. The van der Waals surface area contributed by atoms with Crippen LogP contribution in [0.25, 0.3) is 0 Å². The first-order chi connectivity index (χ1) is 4.74. The fraction of sp³-hybridized carbons (Fsp3) is 0.200. The molecule has 0 saturated carbocycles. The lowest BCUT2D eigenvalue weighted by atomic mass is 10.5. The quantitative estimate of drug-likeness (QED) is 0.544. The SMILES string of the molecule is Cc1nnc(C#N)c(S)n1. The highest BCUT2D eigenvalue weighted by atomic mass is 32.1. The summed E-state index contributed by atoms with van der Waals surface area (Å²) < 4.78 is 0. The van der Waals surface area contributed by atoms with Crippen LogP contribution in [0.4, 0.5) is 0 Å². The van der Waals surface area contributed by atoms with E-state index in [1.807, 2.05) is 6.07 Å². The second-order valence-electron chi connectivity index (χ2n) is 1.64.